The van der Waals surface area contributed by atoms with E-state index in [1.165, 1.54) is 0 Å². The van der Waals surface area contributed by atoms with Crippen LogP contribution in [0, 0.1) is 10.8 Å². The van der Waals surface area contributed by atoms with Gasteiger partial charge in [-0.05, 0) is 0 Å². The highest BCUT2D eigenvalue weighted by atomic mass is 16.6. The van der Waals surface area contributed by atoms with E-state index in [0.29, 0.717) is 0 Å². The summed E-state index contributed by atoms with van der Waals surface area (Å²) in [5, 5.41) is 0. The maximum absolute atomic E-state index is 12.9. The molecule has 0 spiro atoms. The number of carbonyl (C=O) groups excluding carboxylic acids is 12. The highest BCUT2D eigenvalue weighted by Gasteiger charge is 2.41. The summed E-state index contributed by atoms with van der Waals surface area (Å²) >= 11 is 0. The lowest BCUT2D eigenvalue weighted by atomic mass is 9.90. The van der Waals surface area contributed by atoms with E-state index in [0.717, 1.165) is 36.5 Å². The Hall–Kier alpha value is -7.96. The SMILES string of the molecule is C=CC(=O)OCCC(=O)OCC(COCC(COC(=O)CCOC(=O)C=C)(COC(=O)CCOC(=O)C=C)COC(=O)CCOC(=O)C=C)(COC(=O)CCOC(=O)C=C)COC(=O)CCOC(=O)C=C. The number of hydrogen-bond acceptors (Lipinski definition) is 25. The molecule has 0 saturated heterocycles. The molecule has 0 heterocycles. The molecule has 0 aromatic heterocycles. The monoisotopic (exact) mass is 1010 g/mol. The van der Waals surface area contributed by atoms with Gasteiger partial charge < -0.3 is 61.6 Å². The third-order valence-corrected chi connectivity index (χ3v) is 8.36. The fourth-order valence-electron chi connectivity index (χ4n) is 4.58. The van der Waals surface area contributed by atoms with Gasteiger partial charge in [0.25, 0.3) is 0 Å². The number of ether oxygens (including phenoxy) is 13. The fraction of sp³-hybridized carbons (Fsp3) is 0.478. The predicted molar refractivity (Wildman–Crippen MR) is 236 cm³/mol. The summed E-state index contributed by atoms with van der Waals surface area (Å²) in [6, 6.07) is 0. The van der Waals surface area contributed by atoms with Crippen LogP contribution in [0.5, 0.6) is 0 Å². The van der Waals surface area contributed by atoms with Gasteiger partial charge in [0.05, 0.1) is 62.6 Å². The summed E-state index contributed by atoms with van der Waals surface area (Å²) in [6.45, 7) is 10.5. The van der Waals surface area contributed by atoms with Crippen molar-refractivity contribution in [2.45, 2.75) is 38.5 Å². The van der Waals surface area contributed by atoms with Crippen molar-refractivity contribution in [1.82, 2.24) is 0 Å². The molecule has 25 nitrogen and oxygen atoms in total. The zero-order valence-electron chi connectivity index (χ0n) is 39.1. The number of esters is 12. The summed E-state index contributed by atoms with van der Waals surface area (Å²) in [5.74, 6) is -11.1. The van der Waals surface area contributed by atoms with Crippen molar-refractivity contribution in [2.75, 3.05) is 92.5 Å². The Morgan fingerprint density at radius 1 is 0.254 bits per heavy atom. The molecule has 0 atom stereocenters. The zero-order chi connectivity index (χ0) is 53.5. The average Bonchev–Trinajstić information content (AvgIpc) is 3.36. The van der Waals surface area contributed by atoms with Gasteiger partial charge in [0, 0.05) is 36.5 Å². The van der Waals surface area contributed by atoms with Crippen LogP contribution < -0.4 is 0 Å². The standard InChI is InChI=1S/C46H58O25/c1-7-33(47)60-19-13-39(53)66-27-45(28-67-40(54)14-20-61-34(48)8-2,29-68-41(55)15-21-62-35(49)9-3)25-59-26-46(30-69-42(56)16-22-63-36(50)10-4,31-70-43(57)17-23-64-37(51)11-5)32-71-44(58)18-24-65-38(52)12-6/h7-12H,1-6,13-32H2. The Balaban J connectivity index is 7.21. The second-order valence-electron chi connectivity index (χ2n) is 14.2. The van der Waals surface area contributed by atoms with Gasteiger partial charge in [0.2, 0.25) is 0 Å². The molecular weight excluding hydrogens is 952 g/mol. The van der Waals surface area contributed by atoms with Crippen LogP contribution in [0.3, 0.4) is 0 Å². The molecule has 0 unspecified atom stereocenters. The summed E-state index contributed by atoms with van der Waals surface area (Å²) in [6.07, 6.45) is 1.98. The third-order valence-electron chi connectivity index (χ3n) is 8.36. The molecule has 0 radical (unpaired) electrons. The first-order valence-corrected chi connectivity index (χ1v) is 21.1. The Bertz CT molecular complexity index is 1570. The van der Waals surface area contributed by atoms with E-state index < -0.39 is 213 Å². The molecule has 0 bridgehead atoms. The summed E-state index contributed by atoms with van der Waals surface area (Å²) < 4.78 is 67.6. The van der Waals surface area contributed by atoms with E-state index in [1.807, 2.05) is 0 Å². The van der Waals surface area contributed by atoms with Crippen LogP contribution >= 0.6 is 0 Å². The van der Waals surface area contributed by atoms with Gasteiger partial charge in [-0.25, -0.2) is 28.8 Å². The lowest BCUT2D eigenvalue weighted by molar-refractivity contribution is -0.175. The highest BCUT2D eigenvalue weighted by molar-refractivity contribution is 5.84. The van der Waals surface area contributed by atoms with Gasteiger partial charge in [0.15, 0.2) is 0 Å². The number of rotatable bonds is 40. The Kier molecular flexibility index (Phi) is 32.9. The molecule has 0 fully saturated rings. The quantitative estimate of drug-likeness (QED) is 0.0468. The molecule has 0 aliphatic heterocycles. The molecule has 71 heavy (non-hydrogen) atoms. The maximum Gasteiger partial charge on any atom is 0.330 e. The van der Waals surface area contributed by atoms with Crippen LogP contribution in [-0.4, -0.2) is 164 Å². The van der Waals surface area contributed by atoms with E-state index >= 15 is 0 Å². The third kappa shape index (κ3) is 31.7. The summed E-state index contributed by atoms with van der Waals surface area (Å²) in [5.41, 5.74) is -3.80. The van der Waals surface area contributed by atoms with E-state index in [9.17, 15) is 57.5 Å². The number of hydrogen-bond donors (Lipinski definition) is 0. The smallest absolute Gasteiger partial charge is 0.330 e. The van der Waals surface area contributed by atoms with Gasteiger partial charge in [0.1, 0.15) is 79.3 Å². The lowest BCUT2D eigenvalue weighted by Crippen LogP contribution is -2.47. The Morgan fingerprint density at radius 2 is 0.408 bits per heavy atom. The van der Waals surface area contributed by atoms with Crippen molar-refractivity contribution >= 4 is 71.6 Å². The van der Waals surface area contributed by atoms with E-state index in [4.69, 9.17) is 61.6 Å². The molecule has 0 aliphatic rings. The summed E-state index contributed by atoms with van der Waals surface area (Å²) in [4.78, 5) is 147. The van der Waals surface area contributed by atoms with E-state index in [-0.39, 0.29) is 0 Å². The molecule has 0 amide bonds. The van der Waals surface area contributed by atoms with Crippen molar-refractivity contribution in [3.05, 3.63) is 75.9 Å². The minimum atomic E-state index is -1.90. The molecule has 0 aliphatic carbocycles. The predicted octanol–water partition coefficient (Wildman–Crippen LogP) is 0.951. The molecule has 392 valence electrons. The summed E-state index contributed by atoms with van der Waals surface area (Å²) in [7, 11) is 0. The van der Waals surface area contributed by atoms with Crippen LogP contribution in [0.15, 0.2) is 75.9 Å². The van der Waals surface area contributed by atoms with Crippen molar-refractivity contribution in [3.63, 3.8) is 0 Å². The Labute approximate surface area is 407 Å². The van der Waals surface area contributed by atoms with Gasteiger partial charge in [-0.1, -0.05) is 39.5 Å². The average molecular weight is 1010 g/mol. The topological polar surface area (TPSA) is 325 Å². The first-order valence-electron chi connectivity index (χ1n) is 21.1. The van der Waals surface area contributed by atoms with Crippen molar-refractivity contribution in [1.29, 1.82) is 0 Å². The molecular formula is C46H58O25. The van der Waals surface area contributed by atoms with Crippen LogP contribution in [0.2, 0.25) is 0 Å². The van der Waals surface area contributed by atoms with Crippen molar-refractivity contribution < 1.29 is 119 Å². The number of carbonyl (C=O) groups is 12. The maximum atomic E-state index is 12.9. The molecule has 25 heteroatoms. The lowest BCUT2D eigenvalue weighted by Gasteiger charge is -2.35. The second kappa shape index (κ2) is 37.0. The van der Waals surface area contributed by atoms with E-state index in [2.05, 4.69) is 39.5 Å². The fourth-order valence-corrected chi connectivity index (χ4v) is 4.58. The van der Waals surface area contributed by atoms with Gasteiger partial charge in [-0.2, -0.15) is 0 Å². The van der Waals surface area contributed by atoms with Crippen molar-refractivity contribution in [3.8, 4) is 0 Å². The zero-order valence-corrected chi connectivity index (χ0v) is 39.1. The Morgan fingerprint density at radius 3 is 0.549 bits per heavy atom. The van der Waals surface area contributed by atoms with Gasteiger partial charge >= 0.3 is 71.6 Å². The largest absolute Gasteiger partial charge is 0.465 e. The normalized spacial score (nSPS) is 10.5. The molecule has 0 aromatic rings. The molecule has 0 rings (SSSR count). The van der Waals surface area contributed by atoms with Crippen LogP contribution in [0.25, 0.3) is 0 Å². The first kappa shape index (κ1) is 63.0. The highest BCUT2D eigenvalue weighted by Crippen LogP contribution is 2.27. The minimum Gasteiger partial charge on any atom is -0.465 e. The van der Waals surface area contributed by atoms with E-state index in [1.54, 1.807) is 0 Å². The minimum absolute atomic E-state index is 0.466. The molecule has 0 saturated carbocycles. The van der Waals surface area contributed by atoms with Crippen LogP contribution in [-0.2, 0) is 119 Å². The second-order valence-corrected chi connectivity index (χ2v) is 14.2. The molecule has 0 aromatic carbocycles. The van der Waals surface area contributed by atoms with Crippen LogP contribution in [0.4, 0.5) is 0 Å². The van der Waals surface area contributed by atoms with Crippen molar-refractivity contribution in [2.24, 2.45) is 10.8 Å². The molecule has 0 N–H and O–H groups in total. The van der Waals surface area contributed by atoms with Crippen LogP contribution in [0.1, 0.15) is 38.5 Å². The van der Waals surface area contributed by atoms with Gasteiger partial charge in [-0.3, -0.25) is 28.8 Å². The first-order chi connectivity index (χ1) is 33.8. The van der Waals surface area contributed by atoms with Gasteiger partial charge in [-0.15, -0.1) is 0 Å².